The molecular weight excluding hydrogens is 220 g/mol. The van der Waals surface area contributed by atoms with Gasteiger partial charge < -0.3 is 15.7 Å². The second kappa shape index (κ2) is 6.00. The molecule has 0 heterocycles. The van der Waals surface area contributed by atoms with E-state index < -0.39 is 11.5 Å². The van der Waals surface area contributed by atoms with E-state index in [9.17, 15) is 14.7 Å². The van der Waals surface area contributed by atoms with Crippen molar-refractivity contribution in [2.24, 2.45) is 5.92 Å². The van der Waals surface area contributed by atoms with Crippen LogP contribution in [0.4, 0.5) is 0 Å². The van der Waals surface area contributed by atoms with Crippen molar-refractivity contribution < 1.29 is 14.7 Å². The number of carbonyl (C=O) groups is 2. The highest BCUT2D eigenvalue weighted by atomic mass is 16.4. The summed E-state index contributed by atoms with van der Waals surface area (Å²) >= 11 is 0. The Morgan fingerprint density at radius 3 is 2.41 bits per heavy atom. The molecule has 0 spiro atoms. The minimum absolute atomic E-state index is 0.0674. The van der Waals surface area contributed by atoms with Gasteiger partial charge in [-0.25, -0.2) is 0 Å². The van der Waals surface area contributed by atoms with Crippen LogP contribution in [0.1, 0.15) is 39.0 Å². The zero-order valence-corrected chi connectivity index (χ0v) is 10.6. The van der Waals surface area contributed by atoms with Gasteiger partial charge in [0.25, 0.3) is 0 Å². The predicted molar refractivity (Wildman–Crippen MR) is 64.7 cm³/mol. The van der Waals surface area contributed by atoms with Gasteiger partial charge in [0.2, 0.25) is 5.91 Å². The Balaban J connectivity index is 2.49. The van der Waals surface area contributed by atoms with Crippen LogP contribution in [0.25, 0.3) is 0 Å². The molecule has 0 aliphatic heterocycles. The summed E-state index contributed by atoms with van der Waals surface area (Å²) in [6.07, 6.45) is 3.48. The van der Waals surface area contributed by atoms with Gasteiger partial charge in [-0.3, -0.25) is 9.59 Å². The highest BCUT2D eigenvalue weighted by Crippen LogP contribution is 2.32. The lowest BCUT2D eigenvalue weighted by Gasteiger charge is -2.36. The number of rotatable bonds is 5. The van der Waals surface area contributed by atoms with Crippen molar-refractivity contribution in [3.63, 3.8) is 0 Å². The van der Waals surface area contributed by atoms with Crippen molar-refractivity contribution in [1.29, 1.82) is 0 Å². The summed E-state index contributed by atoms with van der Waals surface area (Å²) in [4.78, 5) is 22.4. The summed E-state index contributed by atoms with van der Waals surface area (Å²) < 4.78 is 0. The highest BCUT2D eigenvalue weighted by Gasteiger charge is 2.40. The molecule has 0 unspecified atom stereocenters. The van der Waals surface area contributed by atoms with E-state index in [2.05, 4.69) is 17.6 Å². The molecule has 1 aliphatic carbocycles. The fourth-order valence-electron chi connectivity index (χ4n) is 2.26. The molecule has 0 aromatic carbocycles. The molecule has 98 valence electrons. The van der Waals surface area contributed by atoms with Crippen molar-refractivity contribution in [1.82, 2.24) is 10.6 Å². The van der Waals surface area contributed by atoms with E-state index in [1.165, 1.54) is 0 Å². The van der Waals surface area contributed by atoms with Crippen LogP contribution in [-0.4, -0.2) is 36.1 Å². The van der Waals surface area contributed by atoms with Crippen LogP contribution in [0.15, 0.2) is 0 Å². The molecule has 1 saturated carbocycles. The number of hydrogen-bond donors (Lipinski definition) is 3. The van der Waals surface area contributed by atoms with Crippen molar-refractivity contribution in [2.75, 3.05) is 13.6 Å². The first kappa shape index (κ1) is 14.0. The lowest BCUT2D eigenvalue weighted by molar-refractivity contribution is -0.147. The predicted octanol–water partition coefficient (Wildman–Crippen LogP) is 0.746. The molecule has 3 N–H and O–H groups in total. The molecule has 0 saturated heterocycles. The van der Waals surface area contributed by atoms with Crippen LogP contribution in [0.3, 0.4) is 0 Å². The minimum Gasteiger partial charge on any atom is -0.480 e. The summed E-state index contributed by atoms with van der Waals surface area (Å²) in [7, 11) is 1.58. The molecule has 0 atom stereocenters. The second-order valence-corrected chi connectivity index (χ2v) is 4.92. The molecule has 1 rings (SSSR count). The average molecular weight is 242 g/mol. The zero-order chi connectivity index (χ0) is 12.9. The zero-order valence-electron chi connectivity index (χ0n) is 10.6. The van der Waals surface area contributed by atoms with Crippen LogP contribution in [0, 0.1) is 5.92 Å². The number of carbonyl (C=O) groups excluding carboxylic acids is 1. The highest BCUT2D eigenvalue weighted by molar-refractivity contribution is 5.79. The molecular formula is C12H22N2O3. The number of aliphatic carboxylic acids is 1. The maximum Gasteiger partial charge on any atom is 0.323 e. The van der Waals surface area contributed by atoms with E-state index in [1.54, 1.807) is 7.05 Å². The summed E-state index contributed by atoms with van der Waals surface area (Å²) in [5.74, 6) is -0.258. The summed E-state index contributed by atoms with van der Waals surface area (Å²) in [6.45, 7) is 2.57. The molecule has 1 amide bonds. The number of carboxylic acid groups (broad SMARTS) is 1. The lowest BCUT2D eigenvalue weighted by atomic mass is 9.77. The Labute approximate surface area is 102 Å². The van der Waals surface area contributed by atoms with Gasteiger partial charge in [-0.05, 0) is 31.6 Å². The number of carboxylic acids is 1. The van der Waals surface area contributed by atoms with Gasteiger partial charge in [-0.15, -0.1) is 0 Å². The van der Waals surface area contributed by atoms with Gasteiger partial charge in [-0.2, -0.15) is 0 Å². The second-order valence-electron chi connectivity index (χ2n) is 4.92. The molecule has 1 fully saturated rings. The summed E-state index contributed by atoms with van der Waals surface area (Å²) in [5.41, 5.74) is -0.819. The van der Waals surface area contributed by atoms with Gasteiger partial charge in [0.15, 0.2) is 0 Å². The molecule has 0 aromatic heterocycles. The number of nitrogens with one attached hydrogen (secondary N) is 2. The third-order valence-electron chi connectivity index (χ3n) is 3.63. The van der Waals surface area contributed by atoms with Crippen molar-refractivity contribution in [3.8, 4) is 0 Å². The topological polar surface area (TPSA) is 78.4 Å². The Kier molecular flexibility index (Phi) is 4.93. The largest absolute Gasteiger partial charge is 0.480 e. The average Bonchev–Trinajstić information content (AvgIpc) is 2.31. The van der Waals surface area contributed by atoms with E-state index in [0.29, 0.717) is 31.7 Å². The number of hydrogen-bond acceptors (Lipinski definition) is 3. The molecule has 5 heteroatoms. The van der Waals surface area contributed by atoms with Gasteiger partial charge in [0.05, 0.1) is 0 Å². The Bertz CT molecular complexity index is 283. The summed E-state index contributed by atoms with van der Waals surface area (Å²) in [6, 6.07) is 0. The number of amides is 1. The first-order chi connectivity index (χ1) is 8.00. The SMILES string of the molecule is CNC(=O)CCNC1(C(=O)O)CCC(C)CC1. The fraction of sp³-hybridized carbons (Fsp3) is 0.833. The lowest BCUT2D eigenvalue weighted by Crippen LogP contribution is -2.54. The Morgan fingerprint density at radius 1 is 1.35 bits per heavy atom. The van der Waals surface area contributed by atoms with Crippen LogP contribution < -0.4 is 10.6 Å². The molecule has 0 radical (unpaired) electrons. The van der Waals surface area contributed by atoms with E-state index in [1.807, 2.05) is 0 Å². The van der Waals surface area contributed by atoms with E-state index in [0.717, 1.165) is 12.8 Å². The minimum atomic E-state index is -0.819. The molecule has 5 nitrogen and oxygen atoms in total. The normalized spacial score (nSPS) is 28.7. The molecule has 1 aliphatic rings. The first-order valence-corrected chi connectivity index (χ1v) is 6.19. The maximum atomic E-state index is 11.4. The Hall–Kier alpha value is -1.10. The first-order valence-electron chi connectivity index (χ1n) is 6.19. The van der Waals surface area contributed by atoms with Crippen molar-refractivity contribution >= 4 is 11.9 Å². The maximum absolute atomic E-state index is 11.4. The van der Waals surface area contributed by atoms with Crippen LogP contribution in [0.2, 0.25) is 0 Å². The van der Waals surface area contributed by atoms with Crippen molar-refractivity contribution in [3.05, 3.63) is 0 Å². The van der Waals surface area contributed by atoms with Gasteiger partial charge >= 0.3 is 5.97 Å². The Morgan fingerprint density at radius 2 is 1.94 bits per heavy atom. The molecule has 17 heavy (non-hydrogen) atoms. The summed E-state index contributed by atoms with van der Waals surface area (Å²) in [5, 5.41) is 14.9. The van der Waals surface area contributed by atoms with Gasteiger partial charge in [0.1, 0.15) is 5.54 Å². The van der Waals surface area contributed by atoms with Crippen LogP contribution >= 0.6 is 0 Å². The van der Waals surface area contributed by atoms with Crippen molar-refractivity contribution in [2.45, 2.75) is 44.6 Å². The molecule has 0 aromatic rings. The monoisotopic (exact) mass is 242 g/mol. The smallest absolute Gasteiger partial charge is 0.323 e. The molecule has 0 bridgehead atoms. The standard InChI is InChI=1S/C12H22N2O3/c1-9-3-6-12(7-4-9,11(16)17)14-8-5-10(15)13-2/h9,14H,3-8H2,1-2H3,(H,13,15)(H,16,17). The van der Waals surface area contributed by atoms with Crippen LogP contribution in [0.5, 0.6) is 0 Å². The van der Waals surface area contributed by atoms with Gasteiger partial charge in [0, 0.05) is 20.0 Å². The van der Waals surface area contributed by atoms with Crippen LogP contribution in [-0.2, 0) is 9.59 Å². The fourth-order valence-corrected chi connectivity index (χ4v) is 2.26. The third kappa shape index (κ3) is 3.70. The van der Waals surface area contributed by atoms with E-state index in [-0.39, 0.29) is 5.91 Å². The van der Waals surface area contributed by atoms with E-state index in [4.69, 9.17) is 0 Å². The van der Waals surface area contributed by atoms with Gasteiger partial charge in [-0.1, -0.05) is 6.92 Å². The third-order valence-corrected chi connectivity index (χ3v) is 3.63. The van der Waals surface area contributed by atoms with E-state index >= 15 is 0 Å². The quantitative estimate of drug-likeness (QED) is 0.664.